The van der Waals surface area contributed by atoms with E-state index >= 15 is 0 Å². The number of methoxy groups -OCH3 is 1. The summed E-state index contributed by atoms with van der Waals surface area (Å²) in [5.74, 6) is -2.71. The lowest BCUT2D eigenvalue weighted by Crippen LogP contribution is -2.97. The Morgan fingerprint density at radius 2 is 1.71 bits per heavy atom. The first-order valence-corrected chi connectivity index (χ1v) is 9.04. The molecule has 2 aliphatic heterocycles. The SMILES string of the molecule is COC(=O)[C@]1(C)[NH2+][C@@H](c2ccc(O)cc2)[C@H]2C(=O)N(c3ccccc3)C(=O)[C@@H]21. The number of ether oxygens (including phenoxy) is 1. The van der Waals surface area contributed by atoms with Crippen molar-refractivity contribution < 1.29 is 29.5 Å². The zero-order valence-electron chi connectivity index (χ0n) is 15.5. The molecule has 0 bridgehead atoms. The Hall–Kier alpha value is -3.19. The van der Waals surface area contributed by atoms with Gasteiger partial charge in [-0.15, -0.1) is 0 Å². The van der Waals surface area contributed by atoms with Crippen LogP contribution in [0.3, 0.4) is 0 Å². The van der Waals surface area contributed by atoms with Gasteiger partial charge in [-0.3, -0.25) is 9.59 Å². The minimum absolute atomic E-state index is 0.105. The lowest BCUT2D eigenvalue weighted by Gasteiger charge is -2.25. The van der Waals surface area contributed by atoms with Crippen molar-refractivity contribution in [2.24, 2.45) is 11.8 Å². The summed E-state index contributed by atoms with van der Waals surface area (Å²) in [4.78, 5) is 40.4. The van der Waals surface area contributed by atoms with Gasteiger partial charge in [-0.2, -0.15) is 0 Å². The lowest BCUT2D eigenvalue weighted by atomic mass is 9.80. The van der Waals surface area contributed by atoms with Gasteiger partial charge in [0.25, 0.3) is 0 Å². The van der Waals surface area contributed by atoms with Crippen LogP contribution in [0.1, 0.15) is 18.5 Å². The number of nitrogens with zero attached hydrogens (tertiary/aromatic N) is 1. The second-order valence-electron chi connectivity index (χ2n) is 7.41. The summed E-state index contributed by atoms with van der Waals surface area (Å²) < 4.78 is 4.98. The number of benzene rings is 2. The fourth-order valence-corrected chi connectivity index (χ4v) is 4.51. The van der Waals surface area contributed by atoms with Gasteiger partial charge in [0.15, 0.2) is 0 Å². The standard InChI is InChI=1S/C21H20N2O5/c1-21(20(27)28-2)16-15(17(22-21)12-8-10-14(24)11-9-12)18(25)23(19(16)26)13-6-4-3-5-7-13/h3-11,15-17,22,24H,1-2H3/p+1/t15-,16+,17-,21+/m0/s1. The van der Waals surface area contributed by atoms with Crippen molar-refractivity contribution in [3.8, 4) is 5.75 Å². The number of quaternary nitrogens is 1. The van der Waals surface area contributed by atoms with Gasteiger partial charge in [0, 0.05) is 12.5 Å². The average Bonchev–Trinajstić information content (AvgIpc) is 3.16. The Balaban J connectivity index is 1.82. The van der Waals surface area contributed by atoms with Crippen molar-refractivity contribution in [1.82, 2.24) is 0 Å². The molecule has 3 N–H and O–H groups in total. The predicted octanol–water partition coefficient (Wildman–Crippen LogP) is 0.748. The summed E-state index contributed by atoms with van der Waals surface area (Å²) in [7, 11) is 1.28. The number of fused-ring (bicyclic) bond motifs is 1. The molecular formula is C21H21N2O5+. The molecule has 2 fully saturated rings. The number of aromatic hydroxyl groups is 1. The molecule has 2 heterocycles. The predicted molar refractivity (Wildman–Crippen MR) is 99.1 cm³/mol. The summed E-state index contributed by atoms with van der Waals surface area (Å²) in [5.41, 5.74) is 0.0261. The van der Waals surface area contributed by atoms with Gasteiger partial charge in [-0.1, -0.05) is 18.2 Å². The van der Waals surface area contributed by atoms with E-state index in [-0.39, 0.29) is 11.7 Å². The van der Waals surface area contributed by atoms with Gasteiger partial charge in [-0.05, 0) is 36.4 Å². The molecular weight excluding hydrogens is 360 g/mol. The summed E-state index contributed by atoms with van der Waals surface area (Å²) in [6.45, 7) is 1.65. The summed E-state index contributed by atoms with van der Waals surface area (Å²) in [5, 5.41) is 11.3. The van der Waals surface area contributed by atoms with Crippen molar-refractivity contribution in [3.63, 3.8) is 0 Å². The van der Waals surface area contributed by atoms with E-state index in [0.29, 0.717) is 5.69 Å². The first-order chi connectivity index (χ1) is 13.4. The molecule has 2 aromatic rings. The summed E-state index contributed by atoms with van der Waals surface area (Å²) in [6, 6.07) is 14.8. The molecule has 7 heteroatoms. The molecule has 4 atom stereocenters. The Morgan fingerprint density at radius 1 is 1.07 bits per heavy atom. The number of phenols is 1. The molecule has 2 aliphatic rings. The van der Waals surface area contributed by atoms with Crippen molar-refractivity contribution >= 4 is 23.5 Å². The number of carbonyl (C=O) groups is 3. The molecule has 0 saturated carbocycles. The van der Waals surface area contributed by atoms with E-state index in [2.05, 4.69) is 0 Å². The van der Waals surface area contributed by atoms with Gasteiger partial charge in [0.05, 0.1) is 12.8 Å². The summed E-state index contributed by atoms with van der Waals surface area (Å²) in [6.07, 6.45) is 0. The zero-order chi connectivity index (χ0) is 20.1. The second kappa shape index (κ2) is 6.45. The fourth-order valence-electron chi connectivity index (χ4n) is 4.51. The molecule has 0 spiro atoms. The number of carbonyl (C=O) groups excluding carboxylic acids is 3. The van der Waals surface area contributed by atoms with Crippen LogP contribution in [-0.4, -0.2) is 35.5 Å². The lowest BCUT2D eigenvalue weighted by molar-refractivity contribution is -0.730. The molecule has 0 unspecified atom stereocenters. The van der Waals surface area contributed by atoms with E-state index in [1.165, 1.54) is 24.1 Å². The highest BCUT2D eigenvalue weighted by Gasteiger charge is 2.70. The number of nitrogens with two attached hydrogens (primary N) is 1. The molecule has 2 saturated heterocycles. The van der Waals surface area contributed by atoms with Crippen molar-refractivity contribution in [2.45, 2.75) is 18.5 Å². The van der Waals surface area contributed by atoms with Crippen LogP contribution in [0.5, 0.6) is 5.75 Å². The highest BCUT2D eigenvalue weighted by Crippen LogP contribution is 2.45. The largest absolute Gasteiger partial charge is 0.508 e. The molecule has 0 aromatic heterocycles. The fraction of sp³-hybridized carbons (Fsp3) is 0.286. The van der Waals surface area contributed by atoms with E-state index in [9.17, 15) is 19.5 Å². The Kier molecular flexibility index (Phi) is 4.19. The molecule has 2 amide bonds. The van der Waals surface area contributed by atoms with Gasteiger partial charge in [-0.25, -0.2) is 9.69 Å². The highest BCUT2D eigenvalue weighted by atomic mass is 16.5. The number of rotatable bonds is 3. The van der Waals surface area contributed by atoms with Gasteiger partial charge in [0.2, 0.25) is 17.4 Å². The van der Waals surface area contributed by atoms with E-state index in [1.807, 2.05) is 0 Å². The Bertz CT molecular complexity index is 943. The molecule has 0 radical (unpaired) electrons. The molecule has 2 aromatic carbocycles. The van der Waals surface area contributed by atoms with Crippen molar-refractivity contribution in [1.29, 1.82) is 0 Å². The van der Waals surface area contributed by atoms with E-state index in [1.54, 1.807) is 54.7 Å². The molecule has 4 rings (SSSR count). The summed E-state index contributed by atoms with van der Waals surface area (Å²) >= 11 is 0. The third-order valence-electron chi connectivity index (χ3n) is 5.83. The Morgan fingerprint density at radius 3 is 2.32 bits per heavy atom. The second-order valence-corrected chi connectivity index (χ2v) is 7.41. The highest BCUT2D eigenvalue weighted by molar-refractivity contribution is 6.23. The number of hydrogen-bond donors (Lipinski definition) is 2. The first-order valence-electron chi connectivity index (χ1n) is 9.04. The van der Waals surface area contributed by atoms with E-state index < -0.39 is 35.3 Å². The van der Waals surface area contributed by atoms with Gasteiger partial charge >= 0.3 is 5.97 Å². The van der Waals surface area contributed by atoms with Crippen LogP contribution in [0.15, 0.2) is 54.6 Å². The van der Waals surface area contributed by atoms with Crippen LogP contribution in [0.25, 0.3) is 0 Å². The van der Waals surface area contributed by atoms with Crippen molar-refractivity contribution in [2.75, 3.05) is 12.0 Å². The maximum atomic E-state index is 13.3. The van der Waals surface area contributed by atoms with E-state index in [0.717, 1.165) is 5.56 Å². The minimum Gasteiger partial charge on any atom is -0.508 e. The van der Waals surface area contributed by atoms with E-state index in [4.69, 9.17) is 4.74 Å². The topological polar surface area (TPSA) is 101 Å². The maximum Gasteiger partial charge on any atom is 0.368 e. The normalized spacial score (nSPS) is 29.1. The smallest absolute Gasteiger partial charge is 0.368 e. The minimum atomic E-state index is -1.22. The zero-order valence-corrected chi connectivity index (χ0v) is 15.5. The number of amides is 2. The van der Waals surface area contributed by atoms with Crippen LogP contribution < -0.4 is 10.2 Å². The number of para-hydroxylation sites is 1. The van der Waals surface area contributed by atoms with Gasteiger partial charge in [0.1, 0.15) is 23.6 Å². The Labute approximate surface area is 161 Å². The molecule has 7 nitrogen and oxygen atoms in total. The monoisotopic (exact) mass is 381 g/mol. The average molecular weight is 381 g/mol. The number of esters is 1. The van der Waals surface area contributed by atoms with Crippen molar-refractivity contribution in [3.05, 3.63) is 60.2 Å². The van der Waals surface area contributed by atoms with Crippen LogP contribution in [0.2, 0.25) is 0 Å². The molecule has 0 aliphatic carbocycles. The third kappa shape index (κ3) is 2.51. The number of imide groups is 1. The number of hydrogen-bond acceptors (Lipinski definition) is 5. The van der Waals surface area contributed by atoms with Crippen LogP contribution in [-0.2, 0) is 19.1 Å². The number of anilines is 1. The quantitative estimate of drug-likeness (QED) is 0.604. The first kappa shape index (κ1) is 18.2. The maximum absolute atomic E-state index is 13.3. The third-order valence-corrected chi connectivity index (χ3v) is 5.83. The van der Waals surface area contributed by atoms with Crippen LogP contribution in [0.4, 0.5) is 5.69 Å². The molecule has 144 valence electrons. The molecule has 28 heavy (non-hydrogen) atoms. The van der Waals surface area contributed by atoms with Gasteiger partial charge < -0.3 is 15.2 Å². The van der Waals surface area contributed by atoms with Crippen LogP contribution in [0, 0.1) is 11.8 Å². The van der Waals surface area contributed by atoms with Crippen LogP contribution >= 0.6 is 0 Å². The number of phenolic OH excluding ortho intramolecular Hbond substituents is 1.